The number of hydrogen-bond acceptors (Lipinski definition) is 2. The molecule has 0 aliphatic heterocycles. The molecule has 0 saturated heterocycles. The lowest BCUT2D eigenvalue weighted by Gasteiger charge is -2.03. The molecule has 0 amide bonds. The van der Waals surface area contributed by atoms with Gasteiger partial charge >= 0.3 is 0 Å². The standard InChI is InChI=1S/C14H16N4/c1-3-11(2)16-10-17-13-6-4-12(5-7-13)14-8-15-9-18-14/h3-11H,1H2,2H3,(H,15,18)(H,16,17). The number of rotatable bonds is 5. The third kappa shape index (κ3) is 3.07. The van der Waals surface area contributed by atoms with Crippen molar-refractivity contribution in [2.24, 2.45) is 4.99 Å². The maximum Gasteiger partial charge on any atom is 0.0924 e. The van der Waals surface area contributed by atoms with Crippen molar-refractivity contribution >= 4 is 12.0 Å². The number of imidazole rings is 1. The minimum atomic E-state index is 0.127. The van der Waals surface area contributed by atoms with Crippen LogP contribution in [-0.2, 0) is 0 Å². The molecule has 2 aromatic rings. The van der Waals surface area contributed by atoms with E-state index >= 15 is 0 Å². The Balaban J connectivity index is 2.00. The number of anilines is 1. The first-order valence-corrected chi connectivity index (χ1v) is 5.79. The summed E-state index contributed by atoms with van der Waals surface area (Å²) in [5.74, 6) is 0. The van der Waals surface area contributed by atoms with Crippen LogP contribution in [-0.4, -0.2) is 22.3 Å². The number of aliphatic imine (C=N–C) groups is 1. The number of hydrogen-bond donors (Lipinski definition) is 2. The van der Waals surface area contributed by atoms with Gasteiger partial charge in [-0.2, -0.15) is 0 Å². The summed E-state index contributed by atoms with van der Waals surface area (Å²) in [6.07, 6.45) is 6.96. The summed E-state index contributed by atoms with van der Waals surface area (Å²) >= 11 is 0. The van der Waals surface area contributed by atoms with E-state index in [1.54, 1.807) is 24.9 Å². The van der Waals surface area contributed by atoms with Gasteiger partial charge in [0.15, 0.2) is 0 Å². The van der Waals surface area contributed by atoms with Crippen LogP contribution in [0.15, 0.2) is 54.4 Å². The van der Waals surface area contributed by atoms with Crippen molar-refractivity contribution in [1.82, 2.24) is 9.97 Å². The van der Waals surface area contributed by atoms with Crippen molar-refractivity contribution in [3.8, 4) is 11.3 Å². The van der Waals surface area contributed by atoms with Gasteiger partial charge in [-0.3, -0.25) is 4.99 Å². The molecule has 18 heavy (non-hydrogen) atoms. The molecular formula is C14H16N4. The lowest BCUT2D eigenvalue weighted by Crippen LogP contribution is -1.99. The Morgan fingerprint density at radius 1 is 1.39 bits per heavy atom. The molecule has 0 aliphatic rings. The highest BCUT2D eigenvalue weighted by molar-refractivity contribution is 5.76. The van der Waals surface area contributed by atoms with Gasteiger partial charge < -0.3 is 10.3 Å². The molecule has 0 spiro atoms. The topological polar surface area (TPSA) is 53.1 Å². The molecule has 92 valence electrons. The third-order valence-corrected chi connectivity index (χ3v) is 2.58. The fourth-order valence-corrected chi connectivity index (χ4v) is 1.45. The number of aromatic amines is 1. The molecule has 1 atom stereocenters. The predicted molar refractivity (Wildman–Crippen MR) is 75.8 cm³/mol. The van der Waals surface area contributed by atoms with Gasteiger partial charge in [-0.25, -0.2) is 4.98 Å². The molecule has 4 heteroatoms. The van der Waals surface area contributed by atoms with Crippen LogP contribution in [0.1, 0.15) is 6.92 Å². The average Bonchev–Trinajstić information content (AvgIpc) is 2.93. The highest BCUT2D eigenvalue weighted by Gasteiger charge is 1.97. The predicted octanol–water partition coefficient (Wildman–Crippen LogP) is 3.09. The lowest BCUT2D eigenvalue weighted by atomic mass is 10.1. The molecule has 1 heterocycles. The van der Waals surface area contributed by atoms with Gasteiger partial charge in [0.2, 0.25) is 0 Å². The van der Waals surface area contributed by atoms with Crippen LogP contribution in [0.4, 0.5) is 5.69 Å². The first-order valence-electron chi connectivity index (χ1n) is 5.79. The zero-order valence-corrected chi connectivity index (χ0v) is 10.3. The van der Waals surface area contributed by atoms with E-state index in [4.69, 9.17) is 0 Å². The van der Waals surface area contributed by atoms with E-state index in [2.05, 4.69) is 26.9 Å². The summed E-state index contributed by atoms with van der Waals surface area (Å²) in [7, 11) is 0. The SMILES string of the molecule is C=CC(C)N=CNc1ccc(-c2cnc[nH]2)cc1. The van der Waals surface area contributed by atoms with E-state index in [1.165, 1.54) is 0 Å². The molecule has 0 aliphatic carbocycles. The minimum absolute atomic E-state index is 0.127. The minimum Gasteiger partial charge on any atom is -0.347 e. The molecule has 0 fully saturated rings. The molecule has 2 N–H and O–H groups in total. The summed E-state index contributed by atoms with van der Waals surface area (Å²) in [6.45, 7) is 5.65. The maximum absolute atomic E-state index is 4.24. The Kier molecular flexibility index (Phi) is 3.91. The maximum atomic E-state index is 4.24. The molecule has 4 nitrogen and oxygen atoms in total. The molecular weight excluding hydrogens is 224 g/mol. The largest absolute Gasteiger partial charge is 0.347 e. The van der Waals surface area contributed by atoms with Gasteiger partial charge in [0.1, 0.15) is 0 Å². The van der Waals surface area contributed by atoms with E-state index in [0.29, 0.717) is 0 Å². The second kappa shape index (κ2) is 5.82. The Morgan fingerprint density at radius 3 is 2.78 bits per heavy atom. The zero-order valence-electron chi connectivity index (χ0n) is 10.3. The van der Waals surface area contributed by atoms with Crippen LogP contribution in [0.25, 0.3) is 11.3 Å². The van der Waals surface area contributed by atoms with Crippen molar-refractivity contribution in [3.05, 3.63) is 49.4 Å². The first kappa shape index (κ1) is 12.1. The van der Waals surface area contributed by atoms with Gasteiger partial charge in [-0.15, -0.1) is 6.58 Å². The molecule has 1 unspecified atom stereocenters. The third-order valence-electron chi connectivity index (χ3n) is 2.58. The van der Waals surface area contributed by atoms with Crippen LogP contribution in [0.3, 0.4) is 0 Å². The first-order chi connectivity index (χ1) is 8.79. The van der Waals surface area contributed by atoms with Gasteiger partial charge in [0.05, 0.1) is 30.6 Å². The zero-order chi connectivity index (χ0) is 12.8. The number of nitrogens with one attached hydrogen (secondary N) is 2. The Labute approximate surface area is 106 Å². The highest BCUT2D eigenvalue weighted by atomic mass is 14.9. The summed E-state index contributed by atoms with van der Waals surface area (Å²) in [4.78, 5) is 11.3. The monoisotopic (exact) mass is 240 g/mol. The molecule has 1 aromatic heterocycles. The Hall–Kier alpha value is -2.36. The van der Waals surface area contributed by atoms with Crippen molar-refractivity contribution in [2.75, 3.05) is 5.32 Å². The molecule has 0 bridgehead atoms. The summed E-state index contributed by atoms with van der Waals surface area (Å²) in [5, 5.41) is 3.12. The van der Waals surface area contributed by atoms with Gasteiger partial charge in [0, 0.05) is 5.69 Å². The van der Waals surface area contributed by atoms with Crippen molar-refractivity contribution < 1.29 is 0 Å². The van der Waals surface area contributed by atoms with Gasteiger partial charge in [-0.1, -0.05) is 18.2 Å². The van der Waals surface area contributed by atoms with Crippen LogP contribution < -0.4 is 5.32 Å². The van der Waals surface area contributed by atoms with Gasteiger partial charge in [0.25, 0.3) is 0 Å². The normalized spacial score (nSPS) is 12.5. The molecule has 0 saturated carbocycles. The molecule has 0 radical (unpaired) electrons. The second-order valence-electron chi connectivity index (χ2n) is 3.94. The van der Waals surface area contributed by atoms with E-state index < -0.39 is 0 Å². The van der Waals surface area contributed by atoms with E-state index in [-0.39, 0.29) is 6.04 Å². The average molecular weight is 240 g/mol. The van der Waals surface area contributed by atoms with Crippen molar-refractivity contribution in [2.45, 2.75) is 13.0 Å². The summed E-state index contributed by atoms with van der Waals surface area (Å²) in [5.41, 5.74) is 3.11. The Morgan fingerprint density at radius 2 is 2.17 bits per heavy atom. The highest BCUT2D eigenvalue weighted by Crippen LogP contribution is 2.18. The number of nitrogens with zero attached hydrogens (tertiary/aromatic N) is 2. The quantitative estimate of drug-likeness (QED) is 0.479. The summed E-state index contributed by atoms with van der Waals surface area (Å²) < 4.78 is 0. The van der Waals surface area contributed by atoms with Crippen LogP contribution in [0.5, 0.6) is 0 Å². The second-order valence-corrected chi connectivity index (χ2v) is 3.94. The van der Waals surface area contributed by atoms with E-state index in [1.807, 2.05) is 31.2 Å². The van der Waals surface area contributed by atoms with Crippen LogP contribution in [0, 0.1) is 0 Å². The van der Waals surface area contributed by atoms with Crippen molar-refractivity contribution in [3.63, 3.8) is 0 Å². The smallest absolute Gasteiger partial charge is 0.0924 e. The van der Waals surface area contributed by atoms with Crippen LogP contribution >= 0.6 is 0 Å². The number of aromatic nitrogens is 2. The van der Waals surface area contributed by atoms with E-state index in [9.17, 15) is 0 Å². The van der Waals surface area contributed by atoms with Crippen LogP contribution in [0.2, 0.25) is 0 Å². The van der Waals surface area contributed by atoms with Crippen molar-refractivity contribution in [1.29, 1.82) is 0 Å². The van der Waals surface area contributed by atoms with E-state index in [0.717, 1.165) is 16.9 Å². The van der Waals surface area contributed by atoms with Gasteiger partial charge in [-0.05, 0) is 24.6 Å². The molecule has 1 aromatic carbocycles. The lowest BCUT2D eigenvalue weighted by molar-refractivity contribution is 0.935. The number of H-pyrrole nitrogens is 1. The number of benzene rings is 1. The molecule has 2 rings (SSSR count). The summed E-state index contributed by atoms with van der Waals surface area (Å²) in [6, 6.07) is 8.18. The fraction of sp³-hybridized carbons (Fsp3) is 0.143. The fourth-order valence-electron chi connectivity index (χ4n) is 1.45. The Bertz CT molecular complexity index is 511.